The molecule has 0 spiro atoms. The Morgan fingerprint density at radius 3 is 2.27 bits per heavy atom. The predicted molar refractivity (Wildman–Crippen MR) is 84.0 cm³/mol. The van der Waals surface area contributed by atoms with Crippen molar-refractivity contribution in [1.82, 2.24) is 15.6 Å². The highest BCUT2D eigenvalue weighted by Crippen LogP contribution is 2.03. The number of pyridine rings is 1. The van der Waals surface area contributed by atoms with Gasteiger partial charge in [-0.25, -0.2) is 0 Å². The fourth-order valence-electron chi connectivity index (χ4n) is 1.90. The van der Waals surface area contributed by atoms with E-state index in [1.165, 1.54) is 0 Å². The van der Waals surface area contributed by atoms with Crippen molar-refractivity contribution in [3.63, 3.8) is 0 Å². The number of rotatable bonds is 6. The van der Waals surface area contributed by atoms with Gasteiger partial charge in [0.1, 0.15) is 0 Å². The standard InChI is InChI=1S/C17H19N3O2/c1-13-2-4-14(5-3-13)10-16(21)20-12-17(22)19-11-15-6-8-18-9-7-15/h2-9H,10-12H2,1H3,(H,19,22)(H,20,21). The molecule has 0 radical (unpaired) electrons. The Hall–Kier alpha value is -2.69. The second-order valence-electron chi connectivity index (χ2n) is 5.07. The SMILES string of the molecule is Cc1ccc(CC(=O)NCC(=O)NCc2ccncc2)cc1. The molecular formula is C17H19N3O2. The van der Waals surface area contributed by atoms with Crippen LogP contribution in [-0.4, -0.2) is 23.3 Å². The van der Waals surface area contributed by atoms with Gasteiger partial charge < -0.3 is 10.6 Å². The summed E-state index contributed by atoms with van der Waals surface area (Å²) in [6, 6.07) is 11.4. The molecule has 0 fully saturated rings. The first kappa shape index (κ1) is 15.7. The minimum absolute atomic E-state index is 0.0181. The van der Waals surface area contributed by atoms with E-state index in [0.717, 1.165) is 16.7 Å². The minimum atomic E-state index is -0.214. The molecule has 0 unspecified atom stereocenters. The van der Waals surface area contributed by atoms with Crippen molar-refractivity contribution in [3.05, 3.63) is 65.5 Å². The number of nitrogens with one attached hydrogen (secondary N) is 2. The van der Waals surface area contributed by atoms with Crippen LogP contribution in [0.4, 0.5) is 0 Å². The summed E-state index contributed by atoms with van der Waals surface area (Å²) < 4.78 is 0. The number of carbonyl (C=O) groups excluding carboxylic acids is 2. The van der Waals surface area contributed by atoms with Crippen molar-refractivity contribution in [1.29, 1.82) is 0 Å². The molecule has 0 saturated carbocycles. The maximum atomic E-state index is 11.8. The molecule has 2 amide bonds. The van der Waals surface area contributed by atoms with Crippen molar-refractivity contribution >= 4 is 11.8 Å². The summed E-state index contributed by atoms with van der Waals surface area (Å²) in [5.41, 5.74) is 3.05. The Kier molecular flexibility index (Phi) is 5.65. The average Bonchev–Trinajstić information content (AvgIpc) is 2.54. The molecule has 2 aromatic rings. The summed E-state index contributed by atoms with van der Waals surface area (Å²) in [7, 11) is 0. The smallest absolute Gasteiger partial charge is 0.239 e. The second kappa shape index (κ2) is 7.93. The van der Waals surface area contributed by atoms with Crippen LogP contribution in [0.15, 0.2) is 48.8 Å². The predicted octanol–water partition coefficient (Wildman–Crippen LogP) is 1.37. The summed E-state index contributed by atoms with van der Waals surface area (Å²) in [6.07, 6.45) is 3.62. The van der Waals surface area contributed by atoms with Gasteiger partial charge in [-0.1, -0.05) is 29.8 Å². The van der Waals surface area contributed by atoms with Gasteiger partial charge in [-0.05, 0) is 30.2 Å². The molecule has 0 atom stereocenters. The molecule has 1 heterocycles. The van der Waals surface area contributed by atoms with Gasteiger partial charge in [-0.15, -0.1) is 0 Å². The zero-order valence-electron chi connectivity index (χ0n) is 12.5. The fraction of sp³-hybridized carbons (Fsp3) is 0.235. The van der Waals surface area contributed by atoms with Crippen molar-refractivity contribution in [2.24, 2.45) is 0 Å². The van der Waals surface area contributed by atoms with Gasteiger partial charge in [0.25, 0.3) is 0 Å². The first-order valence-corrected chi connectivity index (χ1v) is 7.11. The van der Waals surface area contributed by atoms with Crippen LogP contribution in [0.5, 0.6) is 0 Å². The highest BCUT2D eigenvalue weighted by Gasteiger charge is 2.06. The van der Waals surface area contributed by atoms with Crippen LogP contribution in [0, 0.1) is 6.92 Å². The van der Waals surface area contributed by atoms with Crippen LogP contribution >= 0.6 is 0 Å². The van der Waals surface area contributed by atoms with Crippen molar-refractivity contribution in [2.45, 2.75) is 19.9 Å². The molecular weight excluding hydrogens is 278 g/mol. The van der Waals surface area contributed by atoms with E-state index in [0.29, 0.717) is 6.54 Å². The molecule has 0 bridgehead atoms. The fourth-order valence-corrected chi connectivity index (χ4v) is 1.90. The molecule has 2 rings (SSSR count). The van der Waals surface area contributed by atoms with E-state index >= 15 is 0 Å². The summed E-state index contributed by atoms with van der Waals surface area (Å²) in [5, 5.41) is 5.36. The quantitative estimate of drug-likeness (QED) is 0.846. The number of aryl methyl sites for hydroxylation is 1. The lowest BCUT2D eigenvalue weighted by atomic mass is 10.1. The van der Waals surface area contributed by atoms with E-state index in [9.17, 15) is 9.59 Å². The van der Waals surface area contributed by atoms with Gasteiger partial charge in [-0.2, -0.15) is 0 Å². The van der Waals surface area contributed by atoms with Crippen LogP contribution in [0.2, 0.25) is 0 Å². The van der Waals surface area contributed by atoms with Crippen LogP contribution in [-0.2, 0) is 22.6 Å². The zero-order valence-corrected chi connectivity index (χ0v) is 12.5. The third kappa shape index (κ3) is 5.36. The highest BCUT2D eigenvalue weighted by molar-refractivity contribution is 5.85. The lowest BCUT2D eigenvalue weighted by Gasteiger charge is -2.07. The Balaban J connectivity index is 1.69. The number of amides is 2. The van der Waals surface area contributed by atoms with Gasteiger partial charge in [0.15, 0.2) is 0 Å². The van der Waals surface area contributed by atoms with Gasteiger partial charge in [0.2, 0.25) is 11.8 Å². The van der Waals surface area contributed by atoms with Gasteiger partial charge >= 0.3 is 0 Å². The van der Waals surface area contributed by atoms with E-state index in [1.807, 2.05) is 43.3 Å². The van der Waals surface area contributed by atoms with Gasteiger partial charge in [-0.3, -0.25) is 14.6 Å². The molecule has 1 aromatic heterocycles. The Morgan fingerprint density at radius 1 is 0.909 bits per heavy atom. The van der Waals surface area contributed by atoms with Crippen LogP contribution in [0.1, 0.15) is 16.7 Å². The van der Waals surface area contributed by atoms with E-state index in [1.54, 1.807) is 12.4 Å². The summed E-state index contributed by atoms with van der Waals surface area (Å²) in [6.45, 7) is 2.40. The normalized spacial score (nSPS) is 10.0. The molecule has 2 N–H and O–H groups in total. The molecule has 0 aliphatic rings. The largest absolute Gasteiger partial charge is 0.350 e. The molecule has 0 saturated heterocycles. The molecule has 0 aliphatic heterocycles. The lowest BCUT2D eigenvalue weighted by Crippen LogP contribution is -2.37. The van der Waals surface area contributed by atoms with Crippen LogP contribution < -0.4 is 10.6 Å². The number of hydrogen-bond acceptors (Lipinski definition) is 3. The maximum absolute atomic E-state index is 11.8. The molecule has 5 heteroatoms. The average molecular weight is 297 g/mol. The monoisotopic (exact) mass is 297 g/mol. The Labute approximate surface area is 129 Å². The van der Waals surface area contributed by atoms with E-state index in [2.05, 4.69) is 15.6 Å². The number of benzene rings is 1. The minimum Gasteiger partial charge on any atom is -0.350 e. The van der Waals surface area contributed by atoms with Gasteiger partial charge in [0.05, 0.1) is 13.0 Å². The summed E-state index contributed by atoms with van der Waals surface area (Å²) in [5.74, 6) is -0.378. The topological polar surface area (TPSA) is 71.1 Å². The first-order chi connectivity index (χ1) is 10.6. The maximum Gasteiger partial charge on any atom is 0.239 e. The molecule has 22 heavy (non-hydrogen) atoms. The van der Waals surface area contributed by atoms with Gasteiger partial charge in [0, 0.05) is 18.9 Å². The van der Waals surface area contributed by atoms with Crippen LogP contribution in [0.25, 0.3) is 0 Å². The Morgan fingerprint density at radius 2 is 1.59 bits per heavy atom. The van der Waals surface area contributed by atoms with E-state index in [4.69, 9.17) is 0 Å². The van der Waals surface area contributed by atoms with Crippen molar-refractivity contribution < 1.29 is 9.59 Å². The number of hydrogen-bond donors (Lipinski definition) is 2. The number of aromatic nitrogens is 1. The van der Waals surface area contributed by atoms with E-state index < -0.39 is 0 Å². The zero-order chi connectivity index (χ0) is 15.8. The number of carbonyl (C=O) groups is 2. The number of nitrogens with zero attached hydrogens (tertiary/aromatic N) is 1. The Bertz CT molecular complexity index is 624. The first-order valence-electron chi connectivity index (χ1n) is 7.11. The van der Waals surface area contributed by atoms with Crippen molar-refractivity contribution in [3.8, 4) is 0 Å². The van der Waals surface area contributed by atoms with E-state index in [-0.39, 0.29) is 24.8 Å². The third-order valence-electron chi connectivity index (χ3n) is 3.17. The van der Waals surface area contributed by atoms with Crippen molar-refractivity contribution in [2.75, 3.05) is 6.54 Å². The summed E-state index contributed by atoms with van der Waals surface area (Å²) >= 11 is 0. The molecule has 5 nitrogen and oxygen atoms in total. The molecule has 0 aliphatic carbocycles. The summed E-state index contributed by atoms with van der Waals surface area (Å²) in [4.78, 5) is 27.4. The van der Waals surface area contributed by atoms with Crippen LogP contribution in [0.3, 0.4) is 0 Å². The second-order valence-corrected chi connectivity index (χ2v) is 5.07. The molecule has 1 aromatic carbocycles. The highest BCUT2D eigenvalue weighted by atomic mass is 16.2. The third-order valence-corrected chi connectivity index (χ3v) is 3.17. The lowest BCUT2D eigenvalue weighted by molar-refractivity contribution is -0.125. The molecule has 114 valence electrons.